The predicted octanol–water partition coefficient (Wildman–Crippen LogP) is 5.99. The van der Waals surface area contributed by atoms with Gasteiger partial charge < -0.3 is 5.11 Å². The molecule has 2 aromatic heterocycles. The predicted molar refractivity (Wildman–Crippen MR) is 188 cm³/mol. The Labute approximate surface area is 289 Å². The Hall–Kier alpha value is -3.60. The highest BCUT2D eigenvalue weighted by Crippen LogP contribution is 2.32. The Morgan fingerprint density at radius 1 is 0.667 bits per heavy atom. The number of hydrogen-bond donors (Lipinski definition) is 1. The molecule has 4 aromatic rings. The highest BCUT2D eigenvalue weighted by molar-refractivity contribution is 9.08. The molecule has 0 aliphatic heterocycles. The van der Waals surface area contributed by atoms with Crippen LogP contribution in [0.5, 0.6) is 0 Å². The second kappa shape index (κ2) is 15.7. The maximum absolute atomic E-state index is 13.2. The van der Waals surface area contributed by atoms with Gasteiger partial charge in [0.1, 0.15) is 11.6 Å². The maximum Gasteiger partial charge on any atom is 0.239 e. The van der Waals surface area contributed by atoms with Crippen LogP contribution in [0.1, 0.15) is 62.0 Å². The summed E-state index contributed by atoms with van der Waals surface area (Å²) in [5.41, 5.74) is 4.94. The molecule has 0 unspecified atom stereocenters. The molecular formula is C32H39BrF2N6O5S2. The average molecular weight is 770 g/mol. The maximum atomic E-state index is 13.2. The van der Waals surface area contributed by atoms with Crippen molar-refractivity contribution < 1.29 is 30.7 Å². The third-order valence-electron chi connectivity index (χ3n) is 7.23. The molecule has 2 heterocycles. The second-order valence-corrected chi connectivity index (χ2v) is 16.1. The average Bonchev–Trinajstić information content (AvgIpc) is 3.02. The minimum Gasteiger partial charge on any atom is -0.392 e. The number of alkyl halides is 1. The highest BCUT2D eigenvalue weighted by Gasteiger charge is 2.24. The minimum atomic E-state index is -3.54. The first kappa shape index (κ1) is 38.8. The van der Waals surface area contributed by atoms with Crippen molar-refractivity contribution in [3.05, 3.63) is 82.7 Å². The molecule has 1 N–H and O–H groups in total. The first-order valence-corrected chi connectivity index (χ1v) is 19.5. The fraction of sp³-hybridized carbons (Fsp3) is 0.375. The Kier molecular flexibility index (Phi) is 12.7. The Morgan fingerprint density at radius 3 is 1.29 bits per heavy atom. The van der Waals surface area contributed by atoms with Gasteiger partial charge in [-0.05, 0) is 60.4 Å². The van der Waals surface area contributed by atoms with Gasteiger partial charge in [0.2, 0.25) is 31.9 Å². The summed E-state index contributed by atoms with van der Waals surface area (Å²) in [5, 5.41) is 10.3. The molecule has 0 bridgehead atoms. The molecule has 0 radical (unpaired) electrons. The van der Waals surface area contributed by atoms with Crippen molar-refractivity contribution in [2.45, 2.75) is 51.5 Å². The van der Waals surface area contributed by atoms with Crippen LogP contribution in [0.15, 0.2) is 48.5 Å². The van der Waals surface area contributed by atoms with Gasteiger partial charge in [-0.3, -0.25) is 0 Å². The number of aliphatic hydroxyl groups is 1. The van der Waals surface area contributed by atoms with Crippen molar-refractivity contribution in [1.29, 1.82) is 0 Å². The van der Waals surface area contributed by atoms with Gasteiger partial charge in [0.05, 0.1) is 41.9 Å². The minimum absolute atomic E-state index is 0.0118. The zero-order chi connectivity index (χ0) is 36.1. The molecule has 0 spiro atoms. The van der Waals surface area contributed by atoms with Crippen LogP contribution >= 0.6 is 15.9 Å². The van der Waals surface area contributed by atoms with Crippen molar-refractivity contribution in [3.8, 4) is 22.5 Å². The zero-order valence-electron chi connectivity index (χ0n) is 27.9. The lowest BCUT2D eigenvalue weighted by atomic mass is 9.99. The molecule has 48 heavy (non-hydrogen) atoms. The van der Waals surface area contributed by atoms with E-state index in [-0.39, 0.29) is 36.2 Å². The normalized spacial score (nSPS) is 11.8. The number of halogens is 3. The summed E-state index contributed by atoms with van der Waals surface area (Å²) in [5.74, 6) is -0.600. The number of anilines is 2. The largest absolute Gasteiger partial charge is 0.392 e. The summed E-state index contributed by atoms with van der Waals surface area (Å²) in [6, 6.07) is 11.6. The van der Waals surface area contributed by atoms with Gasteiger partial charge in [-0.25, -0.2) is 54.2 Å². The van der Waals surface area contributed by atoms with Crippen molar-refractivity contribution in [3.63, 3.8) is 0 Å². The van der Waals surface area contributed by atoms with E-state index in [4.69, 9.17) is 0 Å². The fourth-order valence-corrected chi connectivity index (χ4v) is 5.80. The summed E-state index contributed by atoms with van der Waals surface area (Å²) < 4.78 is 75.7. The molecule has 11 nitrogen and oxygen atoms in total. The molecule has 0 amide bonds. The molecule has 16 heteroatoms. The number of aromatic nitrogens is 4. The summed E-state index contributed by atoms with van der Waals surface area (Å²) in [7, 11) is -4.25. The van der Waals surface area contributed by atoms with Crippen LogP contribution in [-0.2, 0) is 32.0 Å². The molecule has 0 aliphatic carbocycles. The molecule has 0 saturated heterocycles. The van der Waals surface area contributed by atoms with E-state index in [9.17, 15) is 30.7 Å². The van der Waals surface area contributed by atoms with E-state index in [1.54, 1.807) is 12.1 Å². The summed E-state index contributed by atoms with van der Waals surface area (Å²) in [6.45, 7) is 7.43. The van der Waals surface area contributed by atoms with E-state index in [1.807, 2.05) is 27.7 Å². The number of benzene rings is 2. The molecule has 0 aliphatic rings. The van der Waals surface area contributed by atoms with Gasteiger partial charge in [0, 0.05) is 41.7 Å². The van der Waals surface area contributed by atoms with Gasteiger partial charge in [-0.15, -0.1) is 0 Å². The van der Waals surface area contributed by atoms with Gasteiger partial charge in [0.15, 0.2) is 0 Å². The number of nitrogens with zero attached hydrogens (tertiary/aromatic N) is 6. The quantitative estimate of drug-likeness (QED) is 0.192. The summed E-state index contributed by atoms with van der Waals surface area (Å²) in [6.07, 6.45) is 2.16. The monoisotopic (exact) mass is 768 g/mol. The van der Waals surface area contributed by atoms with E-state index in [0.29, 0.717) is 39.1 Å². The zero-order valence-corrected chi connectivity index (χ0v) is 31.1. The van der Waals surface area contributed by atoms with Crippen molar-refractivity contribution in [2.24, 2.45) is 0 Å². The lowest BCUT2D eigenvalue weighted by Gasteiger charge is -2.20. The van der Waals surface area contributed by atoms with Crippen LogP contribution in [-0.4, -0.2) is 68.5 Å². The van der Waals surface area contributed by atoms with Gasteiger partial charge in [-0.1, -0.05) is 43.6 Å². The van der Waals surface area contributed by atoms with E-state index in [0.717, 1.165) is 32.4 Å². The lowest BCUT2D eigenvalue weighted by molar-refractivity contribution is 0.279. The van der Waals surface area contributed by atoms with Crippen LogP contribution < -0.4 is 8.61 Å². The summed E-state index contributed by atoms with van der Waals surface area (Å²) >= 11 is 3.45. The first-order chi connectivity index (χ1) is 22.3. The standard InChI is InChI=1S/C16H19BrFN3O2S.C16H20FN3O3S/c1-10(2)14-13(9-17)15(11-5-7-12(18)8-6-11)20-16(19-14)21(3)24(4,22)23;1-10(2)14-13(9-21)15(11-5-7-12(17)8-6-11)19-16(18-14)20(3)24(4,22)23/h5-8,10H,9H2,1-4H3;5-8,10,21H,9H2,1-4H3. The van der Waals surface area contributed by atoms with Gasteiger partial charge in [-0.2, -0.15) is 0 Å². The second-order valence-electron chi connectivity index (χ2n) is 11.5. The number of aliphatic hydroxyl groups excluding tert-OH is 1. The number of rotatable bonds is 10. The molecular weight excluding hydrogens is 730 g/mol. The highest BCUT2D eigenvalue weighted by atomic mass is 79.9. The Bertz CT molecular complexity index is 1820. The van der Waals surface area contributed by atoms with Crippen molar-refractivity contribution in [1.82, 2.24) is 19.9 Å². The topological polar surface area (TPSA) is 147 Å². The molecule has 0 atom stereocenters. The van der Waals surface area contributed by atoms with E-state index in [1.165, 1.54) is 50.5 Å². The fourth-order valence-electron chi connectivity index (χ4n) is 4.49. The Morgan fingerprint density at radius 2 is 1.00 bits per heavy atom. The van der Waals surface area contributed by atoms with Crippen LogP contribution in [0.2, 0.25) is 0 Å². The van der Waals surface area contributed by atoms with E-state index < -0.39 is 25.9 Å². The third-order valence-corrected chi connectivity index (χ3v) is 10.1. The lowest BCUT2D eigenvalue weighted by Crippen LogP contribution is -2.27. The first-order valence-electron chi connectivity index (χ1n) is 14.7. The van der Waals surface area contributed by atoms with Crippen LogP contribution in [0.4, 0.5) is 20.7 Å². The summed E-state index contributed by atoms with van der Waals surface area (Å²) in [4.78, 5) is 17.5. The number of sulfonamides is 2. The van der Waals surface area contributed by atoms with E-state index >= 15 is 0 Å². The third kappa shape index (κ3) is 9.30. The molecule has 0 saturated carbocycles. The van der Waals surface area contributed by atoms with Gasteiger partial charge >= 0.3 is 0 Å². The smallest absolute Gasteiger partial charge is 0.239 e. The molecule has 0 fully saturated rings. The SMILES string of the molecule is CC(C)c1nc(N(C)S(C)(=O)=O)nc(-c2ccc(F)cc2)c1CBr.CC(C)c1nc(N(C)S(C)(=O)=O)nc(-c2ccc(F)cc2)c1CO. The van der Waals surface area contributed by atoms with Crippen LogP contribution in [0.25, 0.3) is 22.5 Å². The molecule has 2 aromatic carbocycles. The van der Waals surface area contributed by atoms with Crippen LogP contribution in [0.3, 0.4) is 0 Å². The van der Waals surface area contributed by atoms with E-state index in [2.05, 4.69) is 35.9 Å². The molecule has 4 rings (SSSR count). The number of hydrogen-bond acceptors (Lipinski definition) is 9. The molecule has 260 valence electrons. The Balaban J connectivity index is 0.000000260. The van der Waals surface area contributed by atoms with Gasteiger partial charge in [0.25, 0.3) is 0 Å². The van der Waals surface area contributed by atoms with Crippen molar-refractivity contribution >= 4 is 47.9 Å². The van der Waals surface area contributed by atoms with Crippen LogP contribution in [0, 0.1) is 11.6 Å². The van der Waals surface area contributed by atoms with Crippen molar-refractivity contribution in [2.75, 3.05) is 35.2 Å².